The van der Waals surface area contributed by atoms with Gasteiger partial charge in [0.05, 0.1) is 36.5 Å². The highest BCUT2D eigenvalue weighted by Gasteiger charge is 2.15. The molecule has 2 N–H and O–H groups in total. The Balaban J connectivity index is 0.000000416. The minimum absolute atomic E-state index is 0.170. The molecule has 0 radical (unpaired) electrons. The van der Waals surface area contributed by atoms with E-state index < -0.39 is 19.7 Å². The summed E-state index contributed by atoms with van der Waals surface area (Å²) in [5.74, 6) is 0.913. The van der Waals surface area contributed by atoms with Crippen molar-refractivity contribution >= 4 is 5.97 Å². The van der Waals surface area contributed by atoms with Gasteiger partial charge in [-0.05, 0) is 82.0 Å². The lowest BCUT2D eigenvalue weighted by Gasteiger charge is -2.19. The Kier molecular flexibility index (Phi) is 8.44. The summed E-state index contributed by atoms with van der Waals surface area (Å²) < 4.78 is 67.6. The molecule has 0 heterocycles. The molecule has 7 nitrogen and oxygen atoms in total. The molecular formula is C26H39NO6. The summed E-state index contributed by atoms with van der Waals surface area (Å²) in [4.78, 5) is 11.7. The van der Waals surface area contributed by atoms with Crippen LogP contribution in [-0.2, 0) is 22.4 Å². The zero-order valence-electron chi connectivity index (χ0n) is 26.0. The molecule has 7 heteroatoms. The molecule has 2 aromatic rings. The fourth-order valence-corrected chi connectivity index (χ4v) is 2.90. The van der Waals surface area contributed by atoms with Crippen molar-refractivity contribution in [3.05, 3.63) is 47.5 Å². The second-order valence-corrected chi connectivity index (χ2v) is 8.15. The van der Waals surface area contributed by atoms with Crippen LogP contribution in [0.25, 0.3) is 0 Å². The van der Waals surface area contributed by atoms with Gasteiger partial charge in [0.15, 0.2) is 23.0 Å². The third kappa shape index (κ3) is 10.5. The van der Waals surface area contributed by atoms with E-state index in [0.717, 1.165) is 11.1 Å². The molecule has 2 aromatic carbocycles. The lowest BCUT2D eigenvalue weighted by Crippen LogP contribution is -2.23. The smallest absolute Gasteiger partial charge is 0.306 e. The van der Waals surface area contributed by atoms with Crippen molar-refractivity contribution in [2.75, 3.05) is 34.8 Å². The van der Waals surface area contributed by atoms with E-state index in [9.17, 15) is 4.79 Å². The maximum Gasteiger partial charge on any atom is 0.306 e. The first-order chi connectivity index (χ1) is 18.0. The van der Waals surface area contributed by atoms with Crippen LogP contribution < -0.4 is 24.7 Å². The van der Waals surface area contributed by atoms with Crippen molar-refractivity contribution in [1.29, 1.82) is 0 Å². The number of esters is 1. The van der Waals surface area contributed by atoms with Crippen LogP contribution in [0.15, 0.2) is 36.4 Å². The number of hydrogen-bond acceptors (Lipinski definition) is 7. The van der Waals surface area contributed by atoms with E-state index in [4.69, 9.17) is 37.6 Å². The first-order valence-electron chi connectivity index (χ1n) is 13.6. The minimum Gasteiger partial charge on any atom is -0.493 e. The lowest BCUT2D eigenvalue weighted by molar-refractivity contribution is -0.154. The number of carbonyl (C=O) groups is 1. The van der Waals surface area contributed by atoms with Gasteiger partial charge in [-0.3, -0.25) is 4.79 Å². The van der Waals surface area contributed by atoms with Crippen molar-refractivity contribution in [2.45, 2.75) is 52.1 Å². The van der Waals surface area contributed by atoms with Crippen molar-refractivity contribution in [2.24, 2.45) is 5.73 Å². The monoisotopic (exact) mass is 467 g/mol. The van der Waals surface area contributed by atoms with Crippen LogP contribution in [0.1, 0.15) is 53.0 Å². The van der Waals surface area contributed by atoms with Crippen molar-refractivity contribution in [3.8, 4) is 23.0 Å². The average molecular weight is 468 g/mol. The van der Waals surface area contributed by atoms with Gasteiger partial charge in [0.1, 0.15) is 5.60 Å². The molecule has 0 spiro atoms. The van der Waals surface area contributed by atoms with E-state index in [1.807, 2.05) is 20.8 Å². The Bertz CT molecular complexity index is 1050. The van der Waals surface area contributed by atoms with Crippen molar-refractivity contribution in [3.63, 3.8) is 0 Å². The van der Waals surface area contributed by atoms with Gasteiger partial charge in [0.2, 0.25) is 0 Å². The van der Waals surface area contributed by atoms with E-state index >= 15 is 0 Å². The number of methoxy groups -OCH3 is 4. The van der Waals surface area contributed by atoms with Crippen molar-refractivity contribution < 1.29 is 36.7 Å². The Morgan fingerprint density at radius 1 is 0.848 bits per heavy atom. The summed E-state index contributed by atoms with van der Waals surface area (Å²) in [5.41, 5.74) is 6.87. The normalized spacial score (nSPS) is 14.0. The van der Waals surface area contributed by atoms with Gasteiger partial charge in [-0.1, -0.05) is 12.1 Å². The van der Waals surface area contributed by atoms with Crippen LogP contribution in [0.5, 0.6) is 23.0 Å². The van der Waals surface area contributed by atoms with Crippen LogP contribution >= 0.6 is 0 Å². The molecule has 184 valence electrons. The zero-order valence-corrected chi connectivity index (χ0v) is 20.0. The molecule has 2 rings (SSSR count). The van der Waals surface area contributed by atoms with E-state index in [2.05, 4.69) is 0 Å². The molecule has 0 saturated carbocycles. The molecule has 0 unspecified atom stereocenters. The molecule has 0 aromatic heterocycles. The number of hydrogen-bond donors (Lipinski definition) is 1. The molecule has 0 fully saturated rings. The number of carbonyl (C=O) groups excluding carboxylic acids is 1. The van der Waals surface area contributed by atoms with E-state index in [1.54, 1.807) is 36.4 Å². The first-order valence-corrected chi connectivity index (χ1v) is 10.6. The highest BCUT2D eigenvalue weighted by atomic mass is 16.6. The molecule has 0 atom stereocenters. The van der Waals surface area contributed by atoms with Crippen LogP contribution in [0.2, 0.25) is 0 Å². The number of benzene rings is 2. The van der Waals surface area contributed by atoms with Crippen molar-refractivity contribution in [1.82, 2.24) is 0 Å². The second kappa shape index (κ2) is 14.3. The van der Waals surface area contributed by atoms with E-state index in [-0.39, 0.29) is 17.5 Å². The predicted octanol–water partition coefficient (Wildman–Crippen LogP) is 4.57. The minimum atomic E-state index is -2.52. The number of rotatable bonds is 10. The largest absolute Gasteiger partial charge is 0.493 e. The Labute approximate surface area is 206 Å². The molecular weight excluding hydrogens is 422 g/mol. The van der Waals surface area contributed by atoms with Gasteiger partial charge >= 0.3 is 5.97 Å². The van der Waals surface area contributed by atoms with E-state index in [1.165, 1.54) is 14.2 Å². The number of nitrogens with two attached hydrogens (primary N) is 1. The first kappa shape index (κ1) is 19.5. The molecule has 0 bridgehead atoms. The summed E-state index contributed by atoms with van der Waals surface area (Å²) in [6, 6.07) is 10.1. The SMILES string of the molecule is [2H]C([2H])([2H])Oc1ccc(CCCC(=O)OC(C)(C)C)cc1OC.[2H]C([2H])([2H])Oc1ccc(CCN)cc1OC. The Morgan fingerprint density at radius 3 is 1.79 bits per heavy atom. The maximum absolute atomic E-state index is 11.7. The maximum atomic E-state index is 11.7. The summed E-state index contributed by atoms with van der Waals surface area (Å²) >= 11 is 0. The van der Waals surface area contributed by atoms with Crippen LogP contribution in [0, 0.1) is 0 Å². The zero-order chi connectivity index (χ0) is 29.9. The van der Waals surface area contributed by atoms with Gasteiger partial charge in [0.25, 0.3) is 0 Å². The fourth-order valence-electron chi connectivity index (χ4n) is 2.90. The summed E-state index contributed by atoms with van der Waals surface area (Å²) in [6.07, 6.45) is 2.33. The number of ether oxygens (including phenoxy) is 5. The highest BCUT2D eigenvalue weighted by Crippen LogP contribution is 2.28. The van der Waals surface area contributed by atoms with Crippen LogP contribution in [0.4, 0.5) is 0 Å². The van der Waals surface area contributed by atoms with Gasteiger partial charge in [0, 0.05) is 6.42 Å². The quantitative estimate of drug-likeness (QED) is 0.512. The summed E-state index contributed by atoms with van der Waals surface area (Å²) in [6.45, 7) is 6.03. The molecule has 0 aliphatic rings. The lowest BCUT2D eigenvalue weighted by atomic mass is 10.1. The van der Waals surface area contributed by atoms with Gasteiger partial charge < -0.3 is 29.4 Å². The molecule has 0 amide bonds. The molecule has 0 aliphatic heterocycles. The van der Waals surface area contributed by atoms with E-state index in [0.29, 0.717) is 43.7 Å². The highest BCUT2D eigenvalue weighted by molar-refractivity contribution is 5.69. The fraction of sp³-hybridized carbons (Fsp3) is 0.500. The average Bonchev–Trinajstić information content (AvgIpc) is 2.78. The third-order valence-electron chi connectivity index (χ3n) is 4.38. The van der Waals surface area contributed by atoms with Gasteiger partial charge in [-0.15, -0.1) is 0 Å². The second-order valence-electron chi connectivity index (χ2n) is 8.15. The molecule has 33 heavy (non-hydrogen) atoms. The Hall–Kier alpha value is -2.93. The predicted molar refractivity (Wildman–Crippen MR) is 131 cm³/mol. The molecule has 0 saturated heterocycles. The third-order valence-corrected chi connectivity index (χ3v) is 4.38. The van der Waals surface area contributed by atoms with Crippen LogP contribution in [0.3, 0.4) is 0 Å². The Morgan fingerprint density at radius 2 is 1.36 bits per heavy atom. The van der Waals surface area contributed by atoms with Crippen LogP contribution in [-0.4, -0.2) is 46.4 Å². The summed E-state index contributed by atoms with van der Waals surface area (Å²) in [7, 11) is -2.08. The number of aryl methyl sites for hydroxylation is 1. The summed E-state index contributed by atoms with van der Waals surface area (Å²) in [5, 5.41) is 0. The standard InChI is InChI=1S/C16H24O4.C10H15NO2/c1-16(2,3)20-15(17)8-6-7-12-9-10-13(18-4)14(11-12)19-5;1-12-9-4-3-8(5-6-11)7-10(9)13-2/h9-11H,6-8H2,1-5H3;3-4,7H,5-6,11H2,1-2H3/i4D3;1D3. The topological polar surface area (TPSA) is 89.2 Å². The van der Waals surface area contributed by atoms with Gasteiger partial charge in [-0.2, -0.15) is 0 Å². The van der Waals surface area contributed by atoms with Gasteiger partial charge in [-0.25, -0.2) is 0 Å². The molecule has 0 aliphatic carbocycles.